The molecule has 2 aromatic rings. The van der Waals surface area contributed by atoms with Gasteiger partial charge in [0.25, 0.3) is 0 Å². The Bertz CT molecular complexity index is 627. The van der Waals surface area contributed by atoms with E-state index < -0.39 is 0 Å². The molecule has 6 heteroatoms. The summed E-state index contributed by atoms with van der Waals surface area (Å²) in [4.78, 5) is 10.3. The van der Waals surface area contributed by atoms with Gasteiger partial charge in [0.1, 0.15) is 16.9 Å². The van der Waals surface area contributed by atoms with Gasteiger partial charge in [-0.2, -0.15) is 0 Å². The van der Waals surface area contributed by atoms with E-state index in [1.54, 1.807) is 11.3 Å². The van der Waals surface area contributed by atoms with Gasteiger partial charge in [-0.05, 0) is 32.4 Å². The molecule has 0 fully saturated rings. The summed E-state index contributed by atoms with van der Waals surface area (Å²) in [6.07, 6.45) is 3.00. The van der Waals surface area contributed by atoms with E-state index in [0.717, 1.165) is 29.7 Å². The minimum absolute atomic E-state index is 0.0443. The van der Waals surface area contributed by atoms with Gasteiger partial charge in [-0.3, -0.25) is 0 Å². The largest absolute Gasteiger partial charge is 0.489 e. The quantitative estimate of drug-likeness (QED) is 0.569. The van der Waals surface area contributed by atoms with E-state index in [9.17, 15) is 0 Å². The monoisotopic (exact) mass is 346 g/mol. The van der Waals surface area contributed by atoms with Crippen LogP contribution in [0, 0.1) is 0 Å². The van der Waals surface area contributed by atoms with Crippen LogP contribution in [0.25, 0.3) is 0 Å². The van der Waals surface area contributed by atoms with Crippen LogP contribution in [0.5, 0.6) is 5.75 Å². The molecule has 5 nitrogen and oxygen atoms in total. The number of guanidine groups is 1. The Morgan fingerprint density at radius 1 is 1.25 bits per heavy atom. The van der Waals surface area contributed by atoms with Crippen molar-refractivity contribution in [2.45, 2.75) is 39.8 Å². The molecule has 2 rings (SSSR count). The zero-order valence-electron chi connectivity index (χ0n) is 14.6. The lowest BCUT2D eigenvalue weighted by atomic mass is 10.3. The lowest BCUT2D eigenvalue weighted by Crippen LogP contribution is -2.41. The number of nitrogens with zero attached hydrogens (tertiary/aromatic N) is 2. The molecule has 0 bridgehead atoms. The normalized spacial score (nSPS) is 12.7. The number of rotatable bonds is 8. The van der Waals surface area contributed by atoms with Gasteiger partial charge in [-0.1, -0.05) is 25.1 Å². The number of hydrogen-bond donors (Lipinski definition) is 2. The van der Waals surface area contributed by atoms with E-state index in [1.807, 2.05) is 43.5 Å². The molecule has 1 aromatic heterocycles. The van der Waals surface area contributed by atoms with Crippen LogP contribution in [0.4, 0.5) is 0 Å². The molecule has 0 radical (unpaired) electrons. The second-order valence-corrected chi connectivity index (χ2v) is 6.59. The first-order valence-electron chi connectivity index (χ1n) is 8.38. The Hall–Kier alpha value is -2.08. The number of ether oxygens (including phenoxy) is 1. The molecule has 1 unspecified atom stereocenters. The third-order valence-corrected chi connectivity index (χ3v) is 4.43. The van der Waals surface area contributed by atoms with Crippen LogP contribution < -0.4 is 15.4 Å². The molecule has 0 aliphatic heterocycles. The number of hydrogen-bond acceptors (Lipinski definition) is 4. The van der Waals surface area contributed by atoms with E-state index in [-0.39, 0.29) is 6.10 Å². The molecule has 0 amide bonds. The number of thiazole rings is 1. The molecule has 0 saturated heterocycles. The van der Waals surface area contributed by atoms with Crippen molar-refractivity contribution in [2.24, 2.45) is 4.99 Å². The van der Waals surface area contributed by atoms with Crippen LogP contribution >= 0.6 is 11.3 Å². The van der Waals surface area contributed by atoms with Crippen molar-refractivity contribution >= 4 is 17.3 Å². The molecule has 0 spiro atoms. The van der Waals surface area contributed by atoms with Crippen molar-refractivity contribution in [3.63, 3.8) is 0 Å². The topological polar surface area (TPSA) is 58.5 Å². The smallest absolute Gasteiger partial charge is 0.191 e. The highest BCUT2D eigenvalue weighted by molar-refractivity contribution is 7.11. The number of aromatic nitrogens is 1. The zero-order chi connectivity index (χ0) is 17.2. The third-order valence-electron chi connectivity index (χ3n) is 3.30. The fourth-order valence-corrected chi connectivity index (χ4v) is 2.87. The highest BCUT2D eigenvalue weighted by atomic mass is 32.1. The highest BCUT2D eigenvalue weighted by Crippen LogP contribution is 2.14. The lowest BCUT2D eigenvalue weighted by molar-refractivity contribution is 0.224. The summed E-state index contributed by atoms with van der Waals surface area (Å²) in [7, 11) is 0. The summed E-state index contributed by atoms with van der Waals surface area (Å²) in [5.74, 6) is 1.66. The molecule has 24 heavy (non-hydrogen) atoms. The van der Waals surface area contributed by atoms with Crippen LogP contribution in [-0.2, 0) is 13.0 Å². The first kappa shape index (κ1) is 18.3. The van der Waals surface area contributed by atoms with E-state index >= 15 is 0 Å². The Morgan fingerprint density at radius 2 is 2.04 bits per heavy atom. The predicted molar refractivity (Wildman–Crippen MR) is 101 cm³/mol. The zero-order valence-corrected chi connectivity index (χ0v) is 15.4. The maximum absolute atomic E-state index is 5.87. The summed E-state index contributed by atoms with van der Waals surface area (Å²) < 4.78 is 5.87. The van der Waals surface area contributed by atoms with Crippen LogP contribution in [0.15, 0.2) is 41.5 Å². The number of benzene rings is 1. The molecule has 130 valence electrons. The van der Waals surface area contributed by atoms with Gasteiger partial charge < -0.3 is 15.4 Å². The van der Waals surface area contributed by atoms with Crippen molar-refractivity contribution < 1.29 is 4.74 Å². The minimum Gasteiger partial charge on any atom is -0.489 e. The summed E-state index contributed by atoms with van der Waals surface area (Å²) in [6, 6.07) is 9.85. The lowest BCUT2D eigenvalue weighted by Gasteiger charge is -2.17. The molecular weight excluding hydrogens is 320 g/mol. The van der Waals surface area contributed by atoms with Crippen LogP contribution in [0.1, 0.15) is 30.7 Å². The van der Waals surface area contributed by atoms with Crippen LogP contribution in [0.2, 0.25) is 0 Å². The maximum atomic E-state index is 5.87. The third kappa shape index (κ3) is 6.20. The number of para-hydroxylation sites is 1. The Kier molecular flexibility index (Phi) is 7.55. The van der Waals surface area contributed by atoms with Crippen molar-refractivity contribution in [3.05, 3.63) is 46.4 Å². The molecule has 1 atom stereocenters. The number of aryl methyl sites for hydroxylation is 1. The van der Waals surface area contributed by atoms with E-state index in [2.05, 4.69) is 34.5 Å². The van der Waals surface area contributed by atoms with Crippen molar-refractivity contribution in [1.82, 2.24) is 15.6 Å². The summed E-state index contributed by atoms with van der Waals surface area (Å²) in [5.41, 5.74) is 0. The number of aliphatic imine (C=N–C) groups is 1. The van der Waals surface area contributed by atoms with Crippen molar-refractivity contribution in [1.29, 1.82) is 0 Å². The molecule has 0 saturated carbocycles. The van der Waals surface area contributed by atoms with Gasteiger partial charge >= 0.3 is 0 Å². The fraction of sp³-hybridized carbons (Fsp3) is 0.444. The molecular formula is C18H26N4OS. The van der Waals surface area contributed by atoms with E-state index in [1.165, 1.54) is 4.88 Å². The molecule has 0 aliphatic carbocycles. The summed E-state index contributed by atoms with van der Waals surface area (Å²) >= 11 is 1.72. The van der Waals surface area contributed by atoms with Gasteiger partial charge in [0.15, 0.2) is 5.96 Å². The average molecular weight is 347 g/mol. The predicted octanol–water partition coefficient (Wildman–Crippen LogP) is 3.23. The van der Waals surface area contributed by atoms with Crippen LogP contribution in [-0.4, -0.2) is 30.1 Å². The number of nitrogens with one attached hydrogen (secondary N) is 2. The fourth-order valence-electron chi connectivity index (χ4n) is 2.09. The van der Waals surface area contributed by atoms with Crippen LogP contribution in [0.3, 0.4) is 0 Å². The molecule has 0 aliphatic rings. The summed E-state index contributed by atoms with van der Waals surface area (Å²) in [5, 5.41) is 7.61. The SMILES string of the molecule is CCNC(=NCc1ncc(CC)s1)NCC(C)Oc1ccccc1. The second-order valence-electron chi connectivity index (χ2n) is 5.39. The van der Waals surface area contributed by atoms with E-state index in [0.29, 0.717) is 13.1 Å². The standard InChI is InChI=1S/C18H26N4OS/c1-4-16-12-20-17(24-16)13-22-18(19-5-2)21-11-14(3)23-15-9-7-6-8-10-15/h6-10,12,14H,4-5,11,13H2,1-3H3,(H2,19,21,22). The van der Waals surface area contributed by atoms with Gasteiger partial charge in [-0.25, -0.2) is 9.98 Å². The second kappa shape index (κ2) is 9.93. The first-order valence-corrected chi connectivity index (χ1v) is 9.20. The van der Waals surface area contributed by atoms with Gasteiger partial charge in [0.2, 0.25) is 0 Å². The Balaban J connectivity index is 1.84. The van der Waals surface area contributed by atoms with E-state index in [4.69, 9.17) is 4.74 Å². The molecule has 1 heterocycles. The minimum atomic E-state index is 0.0443. The average Bonchev–Trinajstić information content (AvgIpc) is 3.06. The van der Waals surface area contributed by atoms with Gasteiger partial charge in [0, 0.05) is 17.6 Å². The Labute approximate surface area is 148 Å². The maximum Gasteiger partial charge on any atom is 0.191 e. The van der Waals surface area contributed by atoms with Gasteiger partial charge in [-0.15, -0.1) is 11.3 Å². The van der Waals surface area contributed by atoms with Crippen molar-refractivity contribution in [2.75, 3.05) is 13.1 Å². The summed E-state index contributed by atoms with van der Waals surface area (Å²) in [6.45, 7) is 8.32. The first-order chi connectivity index (χ1) is 11.7. The molecule has 2 N–H and O–H groups in total. The molecule has 1 aromatic carbocycles. The Morgan fingerprint density at radius 3 is 2.71 bits per heavy atom. The highest BCUT2D eigenvalue weighted by Gasteiger charge is 2.06. The van der Waals surface area contributed by atoms with Gasteiger partial charge in [0.05, 0.1) is 13.1 Å². The van der Waals surface area contributed by atoms with Crippen molar-refractivity contribution in [3.8, 4) is 5.75 Å².